The predicted molar refractivity (Wildman–Crippen MR) is 108 cm³/mol. The number of ether oxygens (including phenoxy) is 1. The molecule has 0 radical (unpaired) electrons. The molecular weight excluding hydrogens is 386 g/mol. The second kappa shape index (κ2) is 8.29. The number of carbonyl (C=O) groups excluding carboxylic acids is 4. The molecule has 3 saturated heterocycles. The van der Waals surface area contributed by atoms with Crippen LogP contribution in [0.5, 0.6) is 0 Å². The maximum Gasteiger partial charge on any atom is 0.243 e. The van der Waals surface area contributed by atoms with Gasteiger partial charge in [-0.3, -0.25) is 14.4 Å². The largest absolute Gasteiger partial charge is 0.381 e. The average Bonchev–Trinajstić information content (AvgIpc) is 3.09. The maximum atomic E-state index is 13.2. The minimum atomic E-state index is -0.709. The zero-order valence-electron chi connectivity index (χ0n) is 17.9. The third kappa shape index (κ3) is 3.98. The third-order valence-electron chi connectivity index (χ3n) is 7.79. The van der Waals surface area contributed by atoms with Gasteiger partial charge in [0.25, 0.3) is 0 Å². The van der Waals surface area contributed by atoms with Crippen molar-refractivity contribution in [2.75, 3.05) is 26.3 Å². The Morgan fingerprint density at radius 1 is 1.30 bits per heavy atom. The lowest BCUT2D eigenvalue weighted by Gasteiger charge is -2.32. The van der Waals surface area contributed by atoms with E-state index in [2.05, 4.69) is 24.5 Å². The third-order valence-corrected chi connectivity index (χ3v) is 7.79. The van der Waals surface area contributed by atoms with Crippen molar-refractivity contribution in [3.63, 3.8) is 0 Å². The molecular formula is C22H33N3O5. The summed E-state index contributed by atoms with van der Waals surface area (Å²) >= 11 is 0. The van der Waals surface area contributed by atoms with E-state index in [1.807, 2.05) is 0 Å². The van der Waals surface area contributed by atoms with E-state index in [4.69, 9.17) is 4.74 Å². The lowest BCUT2D eigenvalue weighted by molar-refractivity contribution is -0.142. The first kappa shape index (κ1) is 21.3. The van der Waals surface area contributed by atoms with Gasteiger partial charge in [0.2, 0.25) is 17.7 Å². The molecule has 4 fully saturated rings. The van der Waals surface area contributed by atoms with E-state index < -0.39 is 12.1 Å². The van der Waals surface area contributed by atoms with E-state index in [0.717, 1.165) is 12.8 Å². The molecule has 2 N–H and O–H groups in total. The van der Waals surface area contributed by atoms with Gasteiger partial charge in [-0.25, -0.2) is 0 Å². The van der Waals surface area contributed by atoms with Gasteiger partial charge in [-0.2, -0.15) is 0 Å². The Hall–Kier alpha value is -1.96. The maximum absolute atomic E-state index is 13.2. The molecule has 30 heavy (non-hydrogen) atoms. The monoisotopic (exact) mass is 419 g/mol. The highest BCUT2D eigenvalue weighted by Gasteiger charge is 2.69. The van der Waals surface area contributed by atoms with Crippen molar-refractivity contribution in [2.24, 2.45) is 29.1 Å². The van der Waals surface area contributed by atoms with Crippen LogP contribution in [0.3, 0.4) is 0 Å². The first-order chi connectivity index (χ1) is 14.3. The fraction of sp³-hybridized carbons (Fsp3) is 0.818. The Morgan fingerprint density at radius 3 is 2.67 bits per heavy atom. The van der Waals surface area contributed by atoms with Gasteiger partial charge in [0, 0.05) is 38.6 Å². The smallest absolute Gasteiger partial charge is 0.243 e. The molecule has 166 valence electrons. The first-order valence-electron chi connectivity index (χ1n) is 11.2. The molecule has 0 aromatic carbocycles. The van der Waals surface area contributed by atoms with E-state index in [9.17, 15) is 19.2 Å². The van der Waals surface area contributed by atoms with Crippen LogP contribution in [0.1, 0.15) is 46.0 Å². The summed E-state index contributed by atoms with van der Waals surface area (Å²) in [6, 6.07) is -1.24. The molecule has 8 nitrogen and oxygen atoms in total. The van der Waals surface area contributed by atoms with Gasteiger partial charge < -0.3 is 25.1 Å². The molecule has 5 atom stereocenters. The Balaban J connectivity index is 1.41. The lowest BCUT2D eigenvalue weighted by atomic mass is 9.94. The minimum Gasteiger partial charge on any atom is -0.381 e. The number of rotatable bonds is 7. The summed E-state index contributed by atoms with van der Waals surface area (Å²) in [5.74, 6) is 0.213. The zero-order valence-corrected chi connectivity index (χ0v) is 17.9. The number of amides is 3. The standard InChI is InChI=1S/C22H33N3O5/c1-22(2)16-11-25(17(27)9-13-4-7-30-8-5-13)19(18(16)22)21(29)24-15(12-26)10-14-3-6-23-20(14)28/h12-16,18-19H,3-11H2,1-2H3,(H,23,28)(H,24,29)/t14-,15-,16-,18-,19-/m0/s1. The van der Waals surface area contributed by atoms with Gasteiger partial charge in [0.15, 0.2) is 0 Å². The second-order valence-corrected chi connectivity index (χ2v) is 9.97. The Bertz CT molecular complexity index is 718. The van der Waals surface area contributed by atoms with Gasteiger partial charge in [0.05, 0.1) is 6.04 Å². The van der Waals surface area contributed by atoms with Crippen molar-refractivity contribution >= 4 is 24.0 Å². The van der Waals surface area contributed by atoms with Gasteiger partial charge in [0.1, 0.15) is 12.3 Å². The van der Waals surface area contributed by atoms with Crippen LogP contribution in [0, 0.1) is 29.1 Å². The summed E-state index contributed by atoms with van der Waals surface area (Å²) < 4.78 is 5.39. The molecule has 4 aliphatic rings. The summed E-state index contributed by atoms with van der Waals surface area (Å²) in [6.45, 7) is 6.88. The number of fused-ring (bicyclic) bond motifs is 1. The average molecular weight is 420 g/mol. The number of hydrogen-bond donors (Lipinski definition) is 2. The van der Waals surface area contributed by atoms with Crippen LogP contribution >= 0.6 is 0 Å². The molecule has 3 heterocycles. The van der Waals surface area contributed by atoms with E-state index in [-0.39, 0.29) is 35.0 Å². The SMILES string of the molecule is CC1(C)[C@@H]2[C@@H](C(=O)N[C@H](C=O)C[C@@H]3CCNC3=O)N(C(=O)CC3CCOCC3)C[C@@H]21. The van der Waals surface area contributed by atoms with Gasteiger partial charge in [-0.1, -0.05) is 13.8 Å². The van der Waals surface area contributed by atoms with Crippen LogP contribution in [0.25, 0.3) is 0 Å². The number of likely N-dealkylation sites (tertiary alicyclic amines) is 1. The Labute approximate surface area is 177 Å². The van der Waals surface area contributed by atoms with E-state index in [0.29, 0.717) is 63.7 Å². The van der Waals surface area contributed by atoms with Crippen molar-refractivity contribution in [3.8, 4) is 0 Å². The van der Waals surface area contributed by atoms with E-state index in [1.54, 1.807) is 4.90 Å². The van der Waals surface area contributed by atoms with Gasteiger partial charge in [-0.15, -0.1) is 0 Å². The molecule has 0 aromatic heterocycles. The minimum absolute atomic E-state index is 0.0273. The number of piperidine rings is 1. The number of carbonyl (C=O) groups is 4. The normalized spacial score (nSPS) is 33.5. The van der Waals surface area contributed by atoms with Crippen LogP contribution in [0.2, 0.25) is 0 Å². The van der Waals surface area contributed by atoms with Crippen LogP contribution in [-0.4, -0.2) is 67.3 Å². The van der Waals surface area contributed by atoms with Crippen LogP contribution in [-0.2, 0) is 23.9 Å². The first-order valence-corrected chi connectivity index (χ1v) is 11.2. The van der Waals surface area contributed by atoms with Crippen molar-refractivity contribution in [1.29, 1.82) is 0 Å². The molecule has 3 amide bonds. The molecule has 1 aliphatic carbocycles. The highest BCUT2D eigenvalue weighted by atomic mass is 16.5. The highest BCUT2D eigenvalue weighted by Crippen LogP contribution is 2.65. The number of hydrogen-bond acceptors (Lipinski definition) is 5. The number of nitrogens with one attached hydrogen (secondary N) is 2. The fourth-order valence-corrected chi connectivity index (χ4v) is 5.75. The number of nitrogens with zero attached hydrogens (tertiary/aromatic N) is 1. The Kier molecular flexibility index (Phi) is 5.88. The van der Waals surface area contributed by atoms with Crippen LogP contribution in [0.15, 0.2) is 0 Å². The van der Waals surface area contributed by atoms with Gasteiger partial charge in [-0.05, 0) is 48.9 Å². The summed E-state index contributed by atoms with van der Waals surface area (Å²) in [4.78, 5) is 51.5. The van der Waals surface area contributed by atoms with E-state index in [1.165, 1.54) is 0 Å². The van der Waals surface area contributed by atoms with Crippen LogP contribution < -0.4 is 10.6 Å². The van der Waals surface area contributed by atoms with Gasteiger partial charge >= 0.3 is 0 Å². The number of aldehydes is 1. The summed E-state index contributed by atoms with van der Waals surface area (Å²) in [6.07, 6.45) is 3.91. The molecule has 0 bridgehead atoms. The van der Waals surface area contributed by atoms with Crippen molar-refractivity contribution in [3.05, 3.63) is 0 Å². The molecule has 0 spiro atoms. The molecule has 0 unspecified atom stereocenters. The molecule has 1 saturated carbocycles. The van der Waals surface area contributed by atoms with Crippen molar-refractivity contribution < 1.29 is 23.9 Å². The quantitative estimate of drug-likeness (QED) is 0.585. The summed E-state index contributed by atoms with van der Waals surface area (Å²) in [5.41, 5.74) is 0.0273. The van der Waals surface area contributed by atoms with Crippen molar-refractivity contribution in [1.82, 2.24) is 15.5 Å². The second-order valence-electron chi connectivity index (χ2n) is 9.97. The van der Waals surface area contributed by atoms with Crippen LogP contribution in [0.4, 0.5) is 0 Å². The van der Waals surface area contributed by atoms with Crippen molar-refractivity contribution in [2.45, 2.75) is 58.0 Å². The fourth-order valence-electron chi connectivity index (χ4n) is 5.75. The van der Waals surface area contributed by atoms with E-state index >= 15 is 0 Å². The molecule has 4 rings (SSSR count). The zero-order chi connectivity index (χ0) is 21.5. The predicted octanol–water partition coefficient (Wildman–Crippen LogP) is 0.496. The lowest BCUT2D eigenvalue weighted by Crippen LogP contribution is -2.53. The molecule has 3 aliphatic heterocycles. The topological polar surface area (TPSA) is 105 Å². The molecule has 0 aromatic rings. The molecule has 8 heteroatoms. The summed E-state index contributed by atoms with van der Waals surface area (Å²) in [5, 5.41) is 5.60. The highest BCUT2D eigenvalue weighted by molar-refractivity contribution is 5.91. The Morgan fingerprint density at radius 2 is 2.03 bits per heavy atom. The summed E-state index contributed by atoms with van der Waals surface area (Å²) in [7, 11) is 0.